The third kappa shape index (κ3) is 10.1. The van der Waals surface area contributed by atoms with Gasteiger partial charge in [-0.2, -0.15) is 4.98 Å². The number of carbonyl (C=O) groups is 1. The Labute approximate surface area is 184 Å². The summed E-state index contributed by atoms with van der Waals surface area (Å²) in [7, 11) is 0. The molecule has 0 saturated carbocycles. The summed E-state index contributed by atoms with van der Waals surface area (Å²) in [4.78, 5) is 33.9. The van der Waals surface area contributed by atoms with Gasteiger partial charge in [0.2, 0.25) is 6.23 Å². The molecule has 0 aliphatic carbocycles. The van der Waals surface area contributed by atoms with Crippen LogP contribution in [-0.4, -0.2) is 51.1 Å². The van der Waals surface area contributed by atoms with E-state index in [1.807, 2.05) is 6.92 Å². The molecule has 1 aromatic heterocycles. The highest BCUT2D eigenvalue weighted by Crippen LogP contribution is 2.43. The summed E-state index contributed by atoms with van der Waals surface area (Å²) in [6, 6.07) is 1.31. The number of ether oxygens (including phenoxy) is 2. The van der Waals surface area contributed by atoms with Crippen LogP contribution >= 0.6 is 0 Å². The maximum atomic E-state index is 13.9. The smallest absolute Gasteiger partial charge is 0.351 e. The average molecular weight is 466 g/mol. The fraction of sp³-hybridized carbons (Fsp3) is 0.737. The van der Waals surface area contributed by atoms with Gasteiger partial charge in [0, 0.05) is 19.2 Å². The number of unbranched alkanes of at least 4 members (excludes halogenated alkanes) is 1. The topological polar surface area (TPSA) is 166 Å². The van der Waals surface area contributed by atoms with Crippen LogP contribution < -0.4 is 11.4 Å². The molecule has 1 aromatic rings. The van der Waals surface area contributed by atoms with Gasteiger partial charge in [0.1, 0.15) is 5.82 Å². The van der Waals surface area contributed by atoms with Crippen LogP contribution in [0.1, 0.15) is 59.1 Å². The Morgan fingerprint density at radius 1 is 1.50 bits per heavy atom. The fourth-order valence-corrected chi connectivity index (χ4v) is 2.81. The van der Waals surface area contributed by atoms with E-state index >= 15 is 0 Å². The minimum absolute atomic E-state index is 0.00472. The number of alkyl halides is 2. The molecule has 2 heterocycles. The summed E-state index contributed by atoms with van der Waals surface area (Å²) in [5.74, 6) is -3.47. The molecule has 2 rings (SSSR count). The van der Waals surface area contributed by atoms with Gasteiger partial charge in [-0.25, -0.2) is 13.6 Å². The summed E-state index contributed by atoms with van der Waals surface area (Å²) < 4.78 is 38.6. The van der Waals surface area contributed by atoms with Crippen molar-refractivity contribution in [2.45, 2.75) is 71.1 Å². The maximum Gasteiger partial charge on any atom is 0.351 e. The molecule has 32 heavy (non-hydrogen) atoms. The molecular formula is C19H32F2N4O7. The number of aliphatic hydroxyl groups excluding tert-OH is 1. The number of rotatable bonds is 8. The number of anilines is 1. The highest BCUT2D eigenvalue weighted by atomic mass is 19.3. The number of aromatic nitrogens is 2. The zero-order chi connectivity index (χ0) is 24.7. The second kappa shape index (κ2) is 15.2. The van der Waals surface area contributed by atoms with E-state index < -0.39 is 23.9 Å². The van der Waals surface area contributed by atoms with Gasteiger partial charge in [-0.3, -0.25) is 9.36 Å². The van der Waals surface area contributed by atoms with Crippen molar-refractivity contribution in [2.24, 2.45) is 11.3 Å². The molecule has 11 nitrogen and oxygen atoms in total. The Bertz CT molecular complexity index is 749. The van der Waals surface area contributed by atoms with Crippen LogP contribution in [0.25, 0.3) is 0 Å². The van der Waals surface area contributed by atoms with E-state index in [0.29, 0.717) is 19.4 Å². The molecule has 0 radical (unpaired) electrons. The van der Waals surface area contributed by atoms with E-state index in [1.54, 1.807) is 13.8 Å². The summed E-state index contributed by atoms with van der Waals surface area (Å²) >= 11 is 0. The van der Waals surface area contributed by atoms with Crippen LogP contribution in [0.15, 0.2) is 22.4 Å². The van der Waals surface area contributed by atoms with Crippen LogP contribution in [0, 0.1) is 10.8 Å². The van der Waals surface area contributed by atoms with Crippen molar-refractivity contribution in [3.05, 3.63) is 27.7 Å². The third-order valence-electron chi connectivity index (χ3n) is 4.42. The number of nitrogens with zero attached hydrogens (tertiary/aromatic N) is 3. The molecule has 184 valence electrons. The minimum atomic E-state index is -3.07. The summed E-state index contributed by atoms with van der Waals surface area (Å²) in [6.45, 7) is 5.95. The molecule has 0 bridgehead atoms. The van der Waals surface area contributed by atoms with E-state index in [4.69, 9.17) is 30.4 Å². The molecule has 3 unspecified atom stereocenters. The largest absolute Gasteiger partial charge is 0.466 e. The zero-order valence-corrected chi connectivity index (χ0v) is 18.4. The Morgan fingerprint density at radius 3 is 2.62 bits per heavy atom. The first-order chi connectivity index (χ1) is 15.1. The van der Waals surface area contributed by atoms with Gasteiger partial charge in [-0.05, 0) is 25.8 Å². The lowest BCUT2D eigenvalue weighted by Gasteiger charge is -2.19. The number of aliphatic hydroxyl groups is 1. The molecule has 0 amide bonds. The van der Waals surface area contributed by atoms with Crippen molar-refractivity contribution in [2.75, 3.05) is 18.9 Å². The zero-order valence-electron chi connectivity index (χ0n) is 18.4. The summed E-state index contributed by atoms with van der Waals surface area (Å²) in [5.41, 5.74) is 4.52. The van der Waals surface area contributed by atoms with Crippen LogP contribution in [-0.2, 0) is 14.3 Å². The van der Waals surface area contributed by atoms with Crippen molar-refractivity contribution in [1.29, 1.82) is 0 Å². The second-order valence-electron chi connectivity index (χ2n) is 7.01. The van der Waals surface area contributed by atoms with Gasteiger partial charge in [0.15, 0.2) is 5.34 Å². The average Bonchev–Trinajstić information content (AvgIpc) is 3.02. The van der Waals surface area contributed by atoms with Crippen molar-refractivity contribution in [3.8, 4) is 0 Å². The summed E-state index contributed by atoms with van der Waals surface area (Å²) in [6.07, 6.45) is 1.51. The fourth-order valence-electron chi connectivity index (χ4n) is 2.81. The number of carbonyl (C=O) groups excluding carboxylic acids is 1. The van der Waals surface area contributed by atoms with Crippen LogP contribution in [0.2, 0.25) is 0 Å². The highest BCUT2D eigenvalue weighted by Gasteiger charge is 2.51. The number of nitrogen functional groups attached to an aromatic ring is 1. The van der Waals surface area contributed by atoms with Crippen LogP contribution in [0.4, 0.5) is 14.6 Å². The molecule has 1 fully saturated rings. The molecule has 1 aliphatic rings. The Balaban J connectivity index is 0.000000625. The molecule has 1 saturated heterocycles. The standard InChI is InChI=1S/C12H17F2N3O2.C7H14O3.HNO2/c1-2-3-4-8-7-12(13,14)10(19-8)17-6-5-9(15)16-11(17)18;1-3-10-7(9)6(2)4-5-8;2-1-3/h5-6,8,10H,2-4,7H2,1H3,(H2,15,16,18);6,8H,3-5H2,1-2H3;(H,2,3). The van der Waals surface area contributed by atoms with Crippen molar-refractivity contribution in [1.82, 2.24) is 9.55 Å². The number of esters is 1. The molecule has 0 aromatic carbocycles. The first kappa shape index (κ1) is 29.3. The van der Waals surface area contributed by atoms with Gasteiger partial charge in [0.25, 0.3) is 5.92 Å². The lowest BCUT2D eigenvalue weighted by atomic mass is 10.1. The van der Waals surface area contributed by atoms with E-state index in [1.165, 1.54) is 17.6 Å². The number of halogens is 2. The lowest BCUT2D eigenvalue weighted by molar-refractivity contribution is -0.147. The molecular weight excluding hydrogens is 434 g/mol. The Kier molecular flexibility index (Phi) is 13.9. The van der Waals surface area contributed by atoms with Gasteiger partial charge in [0.05, 0.1) is 18.6 Å². The van der Waals surface area contributed by atoms with E-state index in [2.05, 4.69) is 4.98 Å². The molecule has 1 aliphatic heterocycles. The monoisotopic (exact) mass is 466 g/mol. The number of nitrogens with two attached hydrogens (primary N) is 1. The van der Waals surface area contributed by atoms with Gasteiger partial charge < -0.3 is 25.5 Å². The molecule has 4 N–H and O–H groups in total. The Morgan fingerprint density at radius 2 is 2.12 bits per heavy atom. The van der Waals surface area contributed by atoms with E-state index in [0.717, 1.165) is 17.4 Å². The first-order valence-corrected chi connectivity index (χ1v) is 10.2. The van der Waals surface area contributed by atoms with E-state index in [-0.39, 0.29) is 30.7 Å². The van der Waals surface area contributed by atoms with Gasteiger partial charge >= 0.3 is 11.7 Å². The van der Waals surface area contributed by atoms with Gasteiger partial charge in [-0.1, -0.05) is 26.7 Å². The van der Waals surface area contributed by atoms with Crippen molar-refractivity contribution >= 4 is 11.8 Å². The van der Waals surface area contributed by atoms with Crippen LogP contribution in [0.5, 0.6) is 0 Å². The third-order valence-corrected chi connectivity index (χ3v) is 4.42. The Hall–Kier alpha value is -2.67. The SMILES string of the molecule is CCCCC1CC(F)(F)C(n2ccc(N)nc2=O)O1.CCOC(=O)C(C)CCO.O=NO. The van der Waals surface area contributed by atoms with Crippen molar-refractivity contribution in [3.63, 3.8) is 0 Å². The predicted octanol–water partition coefficient (Wildman–Crippen LogP) is 2.65. The predicted molar refractivity (Wildman–Crippen MR) is 111 cm³/mol. The summed E-state index contributed by atoms with van der Waals surface area (Å²) in [5, 5.41) is 16.3. The highest BCUT2D eigenvalue weighted by molar-refractivity contribution is 5.71. The van der Waals surface area contributed by atoms with Gasteiger partial charge in [-0.15, -0.1) is 4.91 Å². The number of hydrogen-bond donors (Lipinski definition) is 3. The van der Waals surface area contributed by atoms with Crippen LogP contribution in [0.3, 0.4) is 0 Å². The minimum Gasteiger partial charge on any atom is -0.466 e. The normalized spacial score (nSPS) is 19.6. The van der Waals surface area contributed by atoms with E-state index in [9.17, 15) is 18.4 Å². The quantitative estimate of drug-likeness (QED) is 0.296. The lowest BCUT2D eigenvalue weighted by Crippen LogP contribution is -2.35. The molecule has 13 heteroatoms. The second-order valence-corrected chi connectivity index (χ2v) is 7.01. The van der Waals surface area contributed by atoms with Crippen molar-refractivity contribution < 1.29 is 33.4 Å². The molecule has 3 atom stereocenters. The maximum absolute atomic E-state index is 13.9. The number of hydrogen-bond acceptors (Lipinski definition) is 9. The molecule has 0 spiro atoms. The first-order valence-electron chi connectivity index (χ1n) is 10.2.